The molecule has 0 aromatic rings. The molecule has 2 spiro atoms. The fourth-order valence-electron chi connectivity index (χ4n) is 9.99. The summed E-state index contributed by atoms with van der Waals surface area (Å²) >= 11 is 0. The average molecular weight is 386 g/mol. The van der Waals surface area contributed by atoms with Crippen LogP contribution < -0.4 is 0 Å². The van der Waals surface area contributed by atoms with Crippen LogP contribution in [-0.4, -0.2) is 42.0 Å². The molecule has 0 aromatic carbocycles. The molecular weight excluding hydrogens is 346 g/mol. The van der Waals surface area contributed by atoms with Gasteiger partial charge in [-0.2, -0.15) is 0 Å². The van der Waals surface area contributed by atoms with Crippen LogP contribution in [0.25, 0.3) is 0 Å². The largest absolute Gasteiger partial charge is 0.392 e. The standard InChI is InChI=1S/C25H39NO2/c1-15-17-7-8-20-23(4)13-19(28)21(16(2)27)22(23,3)11-12-25(20)14-24(17,25)10-9-18(15)26(5)6/h17-21,28H,1,7-14H2,2-6H3/t17?,18-,19?,20-,21-,22+,23?,24+,25-/m0/s1. The van der Waals surface area contributed by atoms with E-state index in [1.165, 1.54) is 44.1 Å². The van der Waals surface area contributed by atoms with Gasteiger partial charge < -0.3 is 10.0 Å². The van der Waals surface area contributed by atoms with Crippen molar-refractivity contribution in [3.8, 4) is 0 Å². The number of carbonyl (C=O) groups excluding carboxylic acids is 1. The first kappa shape index (κ1) is 19.3. The number of nitrogens with zero attached hydrogens (tertiary/aromatic N) is 1. The van der Waals surface area contributed by atoms with Gasteiger partial charge in [-0.05, 0) is 106 Å². The van der Waals surface area contributed by atoms with E-state index in [1.54, 1.807) is 6.92 Å². The van der Waals surface area contributed by atoms with E-state index in [0.717, 1.165) is 12.8 Å². The number of rotatable bonds is 2. The molecule has 3 unspecified atom stereocenters. The molecular formula is C25H39NO2. The highest BCUT2D eigenvalue weighted by molar-refractivity contribution is 5.80. The number of aliphatic hydroxyl groups excluding tert-OH is 1. The predicted octanol–water partition coefficient (Wildman–Crippen LogP) is 4.45. The predicted molar refractivity (Wildman–Crippen MR) is 112 cm³/mol. The smallest absolute Gasteiger partial charge is 0.136 e. The van der Waals surface area contributed by atoms with Gasteiger partial charge in [-0.3, -0.25) is 4.79 Å². The van der Waals surface area contributed by atoms with Crippen molar-refractivity contribution in [2.45, 2.75) is 84.3 Å². The van der Waals surface area contributed by atoms with Crippen LogP contribution in [0, 0.1) is 39.4 Å². The van der Waals surface area contributed by atoms with Crippen molar-refractivity contribution in [1.29, 1.82) is 0 Å². The molecule has 3 nitrogen and oxygen atoms in total. The Hall–Kier alpha value is -0.670. The van der Waals surface area contributed by atoms with Crippen molar-refractivity contribution in [1.82, 2.24) is 4.90 Å². The van der Waals surface area contributed by atoms with Crippen molar-refractivity contribution in [3.05, 3.63) is 12.2 Å². The minimum absolute atomic E-state index is 0.0391. The second-order valence-electron chi connectivity index (χ2n) is 12.0. The fourth-order valence-corrected chi connectivity index (χ4v) is 9.99. The zero-order valence-electron chi connectivity index (χ0n) is 18.6. The second-order valence-corrected chi connectivity index (χ2v) is 12.0. The molecule has 0 aromatic heterocycles. The Bertz CT molecular complexity index is 745. The number of aliphatic hydroxyl groups is 1. The van der Waals surface area contributed by atoms with Crippen molar-refractivity contribution < 1.29 is 9.90 Å². The van der Waals surface area contributed by atoms with Crippen LogP contribution in [-0.2, 0) is 4.79 Å². The van der Waals surface area contributed by atoms with Crippen LogP contribution in [0.4, 0.5) is 0 Å². The summed E-state index contributed by atoms with van der Waals surface area (Å²) in [5, 5.41) is 10.9. The number of hydrogen-bond donors (Lipinski definition) is 1. The first-order chi connectivity index (χ1) is 13.0. The lowest BCUT2D eigenvalue weighted by molar-refractivity contribution is -0.141. The van der Waals surface area contributed by atoms with Crippen LogP contribution >= 0.6 is 0 Å². The Labute approximate surface area is 170 Å². The molecule has 0 amide bonds. The van der Waals surface area contributed by atoms with Gasteiger partial charge in [0.25, 0.3) is 0 Å². The highest BCUT2D eigenvalue weighted by Gasteiger charge is 2.81. The Balaban J connectivity index is 1.52. The number of carbonyl (C=O) groups is 1. The molecule has 5 saturated carbocycles. The average Bonchev–Trinajstić information content (AvgIpc) is 3.19. The number of ketones is 1. The van der Waals surface area contributed by atoms with Crippen LogP contribution in [0.5, 0.6) is 0 Å². The Morgan fingerprint density at radius 3 is 2.43 bits per heavy atom. The van der Waals surface area contributed by atoms with Gasteiger partial charge in [-0.1, -0.05) is 26.0 Å². The van der Waals surface area contributed by atoms with E-state index in [2.05, 4.69) is 39.4 Å². The van der Waals surface area contributed by atoms with E-state index < -0.39 is 6.10 Å². The number of fused-ring (bicyclic) bond motifs is 2. The van der Waals surface area contributed by atoms with Gasteiger partial charge in [0.05, 0.1) is 6.10 Å². The zero-order valence-corrected chi connectivity index (χ0v) is 18.6. The molecule has 5 rings (SSSR count). The summed E-state index contributed by atoms with van der Waals surface area (Å²) in [6.45, 7) is 11.1. The third-order valence-corrected chi connectivity index (χ3v) is 11.2. The topological polar surface area (TPSA) is 40.5 Å². The molecule has 1 N–H and O–H groups in total. The van der Waals surface area contributed by atoms with Crippen molar-refractivity contribution >= 4 is 5.78 Å². The summed E-state index contributed by atoms with van der Waals surface area (Å²) in [4.78, 5) is 14.9. The lowest BCUT2D eigenvalue weighted by Crippen LogP contribution is -2.55. The van der Waals surface area contributed by atoms with Gasteiger partial charge >= 0.3 is 0 Å². The molecule has 0 saturated heterocycles. The molecule has 28 heavy (non-hydrogen) atoms. The third kappa shape index (κ3) is 1.92. The van der Waals surface area contributed by atoms with Crippen LogP contribution in [0.3, 0.4) is 0 Å². The molecule has 5 fully saturated rings. The first-order valence-electron chi connectivity index (χ1n) is 11.6. The van der Waals surface area contributed by atoms with Gasteiger partial charge in [-0.25, -0.2) is 0 Å². The number of Topliss-reactive ketones (excluding diaryl/α,β-unsaturated/α-hetero) is 1. The van der Waals surface area contributed by atoms with E-state index in [4.69, 9.17) is 0 Å². The lowest BCUT2D eigenvalue weighted by Gasteiger charge is -2.61. The number of hydrogen-bond acceptors (Lipinski definition) is 3. The summed E-state index contributed by atoms with van der Waals surface area (Å²) < 4.78 is 0. The van der Waals surface area contributed by atoms with Gasteiger partial charge in [0.2, 0.25) is 0 Å². The molecule has 156 valence electrons. The maximum Gasteiger partial charge on any atom is 0.136 e. The van der Waals surface area contributed by atoms with E-state index in [9.17, 15) is 9.90 Å². The minimum Gasteiger partial charge on any atom is -0.392 e. The summed E-state index contributed by atoms with van der Waals surface area (Å²) in [5.74, 6) is 1.39. The van der Waals surface area contributed by atoms with Crippen molar-refractivity contribution in [2.75, 3.05) is 14.1 Å². The van der Waals surface area contributed by atoms with E-state index >= 15 is 0 Å². The second kappa shape index (κ2) is 5.52. The van der Waals surface area contributed by atoms with Gasteiger partial charge in [-0.15, -0.1) is 0 Å². The maximum absolute atomic E-state index is 12.5. The molecule has 5 aliphatic carbocycles. The number of likely N-dealkylation sites (N-methyl/N-ethyl adjacent to an activating group) is 1. The van der Waals surface area contributed by atoms with Crippen molar-refractivity contribution in [2.24, 2.45) is 39.4 Å². The van der Waals surface area contributed by atoms with Gasteiger partial charge in [0.1, 0.15) is 5.78 Å². The molecule has 9 atom stereocenters. The Kier molecular flexibility index (Phi) is 3.80. The molecule has 3 heteroatoms. The Morgan fingerprint density at radius 2 is 1.79 bits per heavy atom. The highest BCUT2D eigenvalue weighted by atomic mass is 16.3. The van der Waals surface area contributed by atoms with Gasteiger partial charge in [0.15, 0.2) is 0 Å². The summed E-state index contributed by atoms with van der Waals surface area (Å²) in [6, 6.07) is 0.546. The quantitative estimate of drug-likeness (QED) is 0.714. The minimum atomic E-state index is -0.450. The highest BCUT2D eigenvalue weighted by Crippen LogP contribution is 2.87. The van der Waals surface area contributed by atoms with Crippen LogP contribution in [0.2, 0.25) is 0 Å². The zero-order chi connectivity index (χ0) is 20.3. The summed E-state index contributed by atoms with van der Waals surface area (Å²) in [7, 11) is 4.41. The third-order valence-electron chi connectivity index (χ3n) is 11.2. The lowest BCUT2D eigenvalue weighted by atomic mass is 9.43. The van der Waals surface area contributed by atoms with Crippen LogP contribution in [0.1, 0.15) is 72.1 Å². The van der Waals surface area contributed by atoms with Crippen LogP contribution in [0.15, 0.2) is 12.2 Å². The molecule has 0 aliphatic heterocycles. The normalized spacial score (nSPS) is 57.2. The summed E-state index contributed by atoms with van der Waals surface area (Å²) in [5.41, 5.74) is 2.48. The van der Waals surface area contributed by atoms with Crippen molar-refractivity contribution in [3.63, 3.8) is 0 Å². The Morgan fingerprint density at radius 1 is 1.07 bits per heavy atom. The van der Waals surface area contributed by atoms with E-state index in [0.29, 0.717) is 28.7 Å². The summed E-state index contributed by atoms with van der Waals surface area (Å²) in [6.07, 6.45) is 9.25. The molecule has 0 bridgehead atoms. The molecule has 5 aliphatic rings. The first-order valence-corrected chi connectivity index (χ1v) is 11.6. The van der Waals surface area contributed by atoms with E-state index in [-0.39, 0.29) is 22.5 Å². The van der Waals surface area contributed by atoms with Gasteiger partial charge in [0, 0.05) is 12.0 Å². The molecule has 0 radical (unpaired) electrons. The molecule has 0 heterocycles. The maximum atomic E-state index is 12.5. The SMILES string of the molecule is C=C1C2CC[C@H]3C4(C)CC(O)[C@H](C(C)=O)[C@@]4(C)CC[C@]34C[C@]24CC[C@@H]1N(C)C. The fraction of sp³-hybridized carbons (Fsp3) is 0.880. The van der Waals surface area contributed by atoms with E-state index in [1.807, 2.05) is 0 Å². The monoisotopic (exact) mass is 385 g/mol.